The minimum atomic E-state index is -2.00. The van der Waals surface area contributed by atoms with Gasteiger partial charge in [0.2, 0.25) is 0 Å². The molecule has 0 amide bonds. The maximum atomic E-state index is 7.76. The summed E-state index contributed by atoms with van der Waals surface area (Å²) < 4.78 is 6.39. The molecule has 0 saturated carbocycles. The highest BCUT2D eigenvalue weighted by atomic mass is 28.3. The summed E-state index contributed by atoms with van der Waals surface area (Å²) >= 11 is 0. The van der Waals surface area contributed by atoms with Crippen LogP contribution in [0.5, 0.6) is 0 Å². The monoisotopic (exact) mass is 466 g/mol. The van der Waals surface area contributed by atoms with Crippen molar-refractivity contribution < 1.29 is 4.42 Å². The zero-order valence-corrected chi connectivity index (χ0v) is 20.8. The molecule has 1 aliphatic heterocycles. The number of pyridine rings is 1. The minimum absolute atomic E-state index is 0.748. The highest BCUT2D eigenvalue weighted by Crippen LogP contribution is 2.41. The molecule has 0 saturated heterocycles. The number of fused-ring (bicyclic) bond motifs is 8. The highest BCUT2D eigenvalue weighted by molar-refractivity contribution is 7.05. The predicted molar refractivity (Wildman–Crippen MR) is 148 cm³/mol. The Balaban J connectivity index is 1.57. The number of aryl methyl sites for hydroxylation is 1. The molecule has 0 aliphatic carbocycles. The van der Waals surface area contributed by atoms with E-state index in [1.165, 1.54) is 26.9 Å². The largest absolute Gasteiger partial charge is 0.455 e. The first-order chi connectivity index (χ1) is 17.0. The van der Waals surface area contributed by atoms with E-state index >= 15 is 0 Å². The fourth-order valence-corrected chi connectivity index (χ4v) is 9.51. The van der Waals surface area contributed by atoms with E-state index in [-0.39, 0.29) is 0 Å². The number of rotatable bonds is 1. The van der Waals surface area contributed by atoms with Crippen LogP contribution in [0.1, 0.15) is 5.56 Å². The Bertz CT molecular complexity index is 1910. The summed E-state index contributed by atoms with van der Waals surface area (Å²) in [5, 5.41) is 7.38. The predicted octanol–water partition coefficient (Wildman–Crippen LogP) is 7.46. The van der Waals surface area contributed by atoms with Crippen LogP contribution in [0.25, 0.3) is 59.9 Å². The van der Waals surface area contributed by atoms with E-state index in [0.717, 1.165) is 49.8 Å². The average molecular weight is 467 g/mol. The molecule has 7 rings (SSSR count). The topological polar surface area (TPSA) is 30.4 Å². The number of aromatic nitrogens is 1. The molecule has 0 radical (unpaired) electrons. The summed E-state index contributed by atoms with van der Waals surface area (Å²) in [6.07, 6.45) is 1.93. The zero-order chi connectivity index (χ0) is 23.9. The number of hydrogen-bond donors (Lipinski definition) is 0. The Morgan fingerprint density at radius 2 is 1.69 bits per heavy atom. The SMILES string of the molecule is [C-]#[N+]c1cccc2c1-c1ccc3c(-c4cc(C)cc5c4oc4ccccc45)nccc3c1[Si]2(C)C. The quantitative estimate of drug-likeness (QED) is 0.186. The second-order valence-electron chi connectivity index (χ2n) is 9.97. The van der Waals surface area contributed by atoms with Crippen molar-refractivity contribution in [2.45, 2.75) is 20.0 Å². The van der Waals surface area contributed by atoms with Gasteiger partial charge in [-0.3, -0.25) is 4.98 Å². The van der Waals surface area contributed by atoms with Gasteiger partial charge in [0.15, 0.2) is 5.69 Å². The number of furan rings is 1. The molecule has 0 unspecified atom stereocenters. The van der Waals surface area contributed by atoms with E-state index in [1.807, 2.05) is 30.5 Å². The van der Waals surface area contributed by atoms with Gasteiger partial charge in [-0.15, -0.1) is 0 Å². The molecule has 0 atom stereocenters. The maximum Gasteiger partial charge on any atom is 0.194 e. The summed E-state index contributed by atoms with van der Waals surface area (Å²) in [5.41, 5.74) is 8.03. The van der Waals surface area contributed by atoms with Gasteiger partial charge >= 0.3 is 0 Å². The molecule has 2 aromatic heterocycles. The third-order valence-electron chi connectivity index (χ3n) is 7.55. The number of para-hydroxylation sites is 1. The van der Waals surface area contributed by atoms with Gasteiger partial charge < -0.3 is 4.42 Å². The van der Waals surface area contributed by atoms with Gasteiger partial charge in [0.05, 0.1) is 12.3 Å². The third-order valence-corrected chi connectivity index (χ3v) is 11.1. The standard InChI is InChI=1S/C31H22N2OSi/c1-18-16-23-19-8-5-6-10-26(19)34-30(23)24(17-18)29-20-12-13-22-28-25(32-2)9-7-11-27(28)35(3,4)31(22)21(20)14-15-33-29/h5-17H,1,3-4H3. The molecule has 4 aromatic carbocycles. The summed E-state index contributed by atoms with van der Waals surface area (Å²) in [4.78, 5) is 8.77. The van der Waals surface area contributed by atoms with Gasteiger partial charge in [0.1, 0.15) is 19.2 Å². The van der Waals surface area contributed by atoms with Crippen molar-refractivity contribution in [3.63, 3.8) is 0 Å². The van der Waals surface area contributed by atoms with E-state index in [0.29, 0.717) is 0 Å². The van der Waals surface area contributed by atoms with Gasteiger partial charge in [-0.05, 0) is 58.5 Å². The van der Waals surface area contributed by atoms with Crippen molar-refractivity contribution in [1.29, 1.82) is 0 Å². The normalized spacial score (nSPS) is 13.8. The second-order valence-corrected chi connectivity index (χ2v) is 14.3. The molecular formula is C31H22N2OSi. The first kappa shape index (κ1) is 20.2. The van der Waals surface area contributed by atoms with Crippen molar-refractivity contribution in [1.82, 2.24) is 4.98 Å². The summed E-state index contributed by atoms with van der Waals surface area (Å²) in [6, 6.07) is 25.4. The maximum absolute atomic E-state index is 7.76. The summed E-state index contributed by atoms with van der Waals surface area (Å²) in [5.74, 6) is 0. The van der Waals surface area contributed by atoms with Crippen LogP contribution in [-0.2, 0) is 0 Å². The lowest BCUT2D eigenvalue weighted by Gasteiger charge is -2.21. The molecule has 166 valence electrons. The highest BCUT2D eigenvalue weighted by Gasteiger charge is 2.40. The Labute approximate surface area is 204 Å². The fraction of sp³-hybridized carbons (Fsp3) is 0.0968. The van der Waals surface area contributed by atoms with Crippen molar-refractivity contribution in [2.75, 3.05) is 0 Å². The zero-order valence-electron chi connectivity index (χ0n) is 19.8. The first-order valence-electron chi connectivity index (χ1n) is 11.8. The average Bonchev–Trinajstić information content (AvgIpc) is 3.36. The van der Waals surface area contributed by atoms with Gasteiger partial charge in [-0.25, -0.2) is 4.85 Å². The summed E-state index contributed by atoms with van der Waals surface area (Å²) in [6.45, 7) is 14.7. The molecule has 0 N–H and O–H groups in total. The molecule has 0 fully saturated rings. The Hall–Kier alpha value is -4.20. The number of benzene rings is 4. The van der Waals surface area contributed by atoms with E-state index < -0.39 is 8.07 Å². The molecule has 0 spiro atoms. The Kier molecular flexibility index (Phi) is 3.99. The molecule has 4 heteroatoms. The minimum Gasteiger partial charge on any atom is -0.455 e. The van der Waals surface area contributed by atoms with Crippen LogP contribution < -0.4 is 10.4 Å². The number of hydrogen-bond acceptors (Lipinski definition) is 2. The van der Waals surface area contributed by atoms with Crippen LogP contribution in [0.3, 0.4) is 0 Å². The lowest BCUT2D eigenvalue weighted by atomic mass is 9.96. The van der Waals surface area contributed by atoms with Gasteiger partial charge in [-0.2, -0.15) is 0 Å². The van der Waals surface area contributed by atoms with Crippen LogP contribution in [0.15, 0.2) is 83.4 Å². The van der Waals surface area contributed by atoms with Gasteiger partial charge in [0, 0.05) is 27.9 Å². The number of nitrogens with zero attached hydrogens (tertiary/aromatic N) is 2. The molecule has 35 heavy (non-hydrogen) atoms. The molecule has 3 heterocycles. The van der Waals surface area contributed by atoms with Crippen molar-refractivity contribution in [3.8, 4) is 22.4 Å². The first-order valence-corrected chi connectivity index (χ1v) is 14.8. The van der Waals surface area contributed by atoms with Crippen molar-refractivity contribution in [3.05, 3.63) is 96.0 Å². The Morgan fingerprint density at radius 3 is 2.54 bits per heavy atom. The van der Waals surface area contributed by atoms with Crippen molar-refractivity contribution in [2.24, 2.45) is 0 Å². The molecule has 1 aliphatic rings. The van der Waals surface area contributed by atoms with Crippen LogP contribution in [0, 0.1) is 13.5 Å². The summed E-state index contributed by atoms with van der Waals surface area (Å²) in [7, 11) is -2.00. The van der Waals surface area contributed by atoms with Crippen LogP contribution in [-0.4, -0.2) is 13.1 Å². The van der Waals surface area contributed by atoms with E-state index in [1.54, 1.807) is 0 Å². The van der Waals surface area contributed by atoms with E-state index in [2.05, 4.69) is 73.4 Å². The van der Waals surface area contributed by atoms with Gasteiger partial charge in [0.25, 0.3) is 0 Å². The van der Waals surface area contributed by atoms with E-state index in [4.69, 9.17) is 16.0 Å². The smallest absolute Gasteiger partial charge is 0.194 e. The lowest BCUT2D eigenvalue weighted by molar-refractivity contribution is 0.670. The molecule has 6 aromatic rings. The van der Waals surface area contributed by atoms with Gasteiger partial charge in [-0.1, -0.05) is 66.8 Å². The lowest BCUT2D eigenvalue weighted by Crippen LogP contribution is -2.49. The van der Waals surface area contributed by atoms with Crippen LogP contribution >= 0.6 is 0 Å². The van der Waals surface area contributed by atoms with E-state index in [9.17, 15) is 0 Å². The van der Waals surface area contributed by atoms with Crippen LogP contribution in [0.2, 0.25) is 13.1 Å². The Morgan fingerprint density at radius 1 is 0.829 bits per heavy atom. The molecule has 0 bridgehead atoms. The third kappa shape index (κ3) is 2.62. The second kappa shape index (κ2) is 6.91. The molecular weight excluding hydrogens is 444 g/mol. The van der Waals surface area contributed by atoms with Crippen LogP contribution in [0.4, 0.5) is 5.69 Å². The fourth-order valence-electron chi connectivity index (χ4n) is 6.07. The van der Waals surface area contributed by atoms with Crippen molar-refractivity contribution >= 4 is 56.8 Å². The molecule has 3 nitrogen and oxygen atoms in total.